The Morgan fingerprint density at radius 3 is 2.08 bits per heavy atom. The van der Waals surface area contributed by atoms with Gasteiger partial charge in [-0.3, -0.25) is 9.59 Å². The third-order valence-corrected chi connectivity index (χ3v) is 5.13. The zero-order valence-corrected chi connectivity index (χ0v) is 20.5. The van der Waals surface area contributed by atoms with Gasteiger partial charge in [-0.25, -0.2) is 5.43 Å². The summed E-state index contributed by atoms with van der Waals surface area (Å²) in [6, 6.07) is 19.2. The van der Waals surface area contributed by atoms with E-state index in [9.17, 15) is 14.7 Å². The average Bonchev–Trinajstić information content (AvgIpc) is 2.89. The molecule has 0 atom stereocenters. The summed E-state index contributed by atoms with van der Waals surface area (Å²) in [4.78, 5) is 27.7. The Hall–Kier alpha value is -4.79. The number of phenolic OH excluding ortho intramolecular Hbond substituents is 1. The molecule has 2 amide bonds. The molecule has 0 saturated carbocycles. The second-order valence-electron chi connectivity index (χ2n) is 7.84. The number of methoxy groups -OCH3 is 2. The highest BCUT2D eigenvalue weighted by Gasteiger charge is 2.15. The molecule has 0 aliphatic carbocycles. The lowest BCUT2D eigenvalue weighted by Crippen LogP contribution is -2.32. The molecule has 0 fully saturated rings. The standard InChI is InChI=1S/C27H28N4O5/c1-31(2)21-12-10-18(11-13-21)14-22(29-26(33)20-8-6-5-7-9-20)27(34)30-28-17-19-15-23(35-3)25(32)24(16-19)36-4/h5-17,32H,1-4H3,(H,29,33)(H,30,34)/b22-14-,28-17+. The summed E-state index contributed by atoms with van der Waals surface area (Å²) >= 11 is 0. The molecular formula is C27H28N4O5. The second-order valence-corrected chi connectivity index (χ2v) is 7.84. The minimum absolute atomic E-state index is 0.0134. The quantitative estimate of drug-likeness (QED) is 0.242. The maximum Gasteiger partial charge on any atom is 0.287 e. The van der Waals surface area contributed by atoms with Crippen molar-refractivity contribution in [2.75, 3.05) is 33.2 Å². The molecule has 186 valence electrons. The lowest BCUT2D eigenvalue weighted by atomic mass is 10.1. The summed E-state index contributed by atoms with van der Waals surface area (Å²) in [6.07, 6.45) is 2.93. The highest BCUT2D eigenvalue weighted by Crippen LogP contribution is 2.36. The minimum atomic E-state index is -0.620. The number of phenols is 1. The number of amides is 2. The molecule has 0 radical (unpaired) electrons. The third-order valence-electron chi connectivity index (χ3n) is 5.13. The Bertz CT molecular complexity index is 1240. The van der Waals surface area contributed by atoms with Crippen LogP contribution in [-0.4, -0.2) is 51.5 Å². The number of anilines is 1. The van der Waals surface area contributed by atoms with Gasteiger partial charge >= 0.3 is 0 Å². The SMILES string of the molecule is COc1cc(/C=N/NC(=O)/C(=C/c2ccc(N(C)C)cc2)NC(=O)c2ccccc2)cc(OC)c1O. The summed E-state index contributed by atoms with van der Waals surface area (Å²) < 4.78 is 10.3. The summed E-state index contributed by atoms with van der Waals surface area (Å²) in [5.74, 6) is -0.808. The molecule has 0 aliphatic rings. The van der Waals surface area contributed by atoms with Crippen LogP contribution in [0.15, 0.2) is 77.5 Å². The van der Waals surface area contributed by atoms with Gasteiger partial charge in [0, 0.05) is 30.9 Å². The number of hydrogen-bond donors (Lipinski definition) is 3. The smallest absolute Gasteiger partial charge is 0.287 e. The highest BCUT2D eigenvalue weighted by atomic mass is 16.5. The maximum absolute atomic E-state index is 13.0. The molecule has 3 aromatic rings. The first-order chi connectivity index (χ1) is 17.3. The predicted octanol–water partition coefficient (Wildman–Crippen LogP) is 3.40. The van der Waals surface area contributed by atoms with Gasteiger partial charge in [-0.1, -0.05) is 30.3 Å². The molecule has 9 nitrogen and oxygen atoms in total. The van der Waals surface area contributed by atoms with Crippen LogP contribution < -0.4 is 25.1 Å². The van der Waals surface area contributed by atoms with Crippen molar-refractivity contribution >= 4 is 29.8 Å². The zero-order valence-electron chi connectivity index (χ0n) is 20.5. The Labute approximate surface area is 209 Å². The van der Waals surface area contributed by atoms with Crippen molar-refractivity contribution in [1.29, 1.82) is 0 Å². The summed E-state index contributed by atoms with van der Waals surface area (Å²) in [6.45, 7) is 0. The van der Waals surface area contributed by atoms with E-state index in [4.69, 9.17) is 9.47 Å². The normalized spacial score (nSPS) is 11.2. The van der Waals surface area contributed by atoms with Crippen molar-refractivity contribution in [2.24, 2.45) is 5.10 Å². The summed E-state index contributed by atoms with van der Waals surface area (Å²) in [5.41, 5.74) is 5.07. The minimum Gasteiger partial charge on any atom is -0.502 e. The number of nitrogens with zero attached hydrogens (tertiary/aromatic N) is 2. The number of rotatable bonds is 9. The van der Waals surface area contributed by atoms with E-state index in [0.29, 0.717) is 11.1 Å². The van der Waals surface area contributed by atoms with Gasteiger partial charge < -0.3 is 24.8 Å². The van der Waals surface area contributed by atoms with Crippen LogP contribution in [0.2, 0.25) is 0 Å². The van der Waals surface area contributed by atoms with Gasteiger partial charge in [-0.05, 0) is 48.0 Å². The van der Waals surface area contributed by atoms with E-state index in [0.717, 1.165) is 11.3 Å². The maximum atomic E-state index is 13.0. The largest absolute Gasteiger partial charge is 0.502 e. The first kappa shape index (κ1) is 25.8. The highest BCUT2D eigenvalue weighted by molar-refractivity contribution is 6.05. The molecule has 0 aromatic heterocycles. The number of hydrazone groups is 1. The number of aromatic hydroxyl groups is 1. The molecular weight excluding hydrogens is 460 g/mol. The molecule has 9 heteroatoms. The molecule has 0 heterocycles. The van der Waals surface area contributed by atoms with Crippen LogP contribution in [0.3, 0.4) is 0 Å². The Balaban J connectivity index is 1.84. The van der Waals surface area contributed by atoms with Gasteiger partial charge in [-0.15, -0.1) is 0 Å². The molecule has 36 heavy (non-hydrogen) atoms. The van der Waals surface area contributed by atoms with E-state index in [1.165, 1.54) is 32.6 Å². The predicted molar refractivity (Wildman–Crippen MR) is 140 cm³/mol. The van der Waals surface area contributed by atoms with Gasteiger partial charge in [0.15, 0.2) is 11.5 Å². The van der Waals surface area contributed by atoms with Gasteiger partial charge in [0.25, 0.3) is 11.8 Å². The average molecular weight is 489 g/mol. The topological polar surface area (TPSA) is 112 Å². The van der Waals surface area contributed by atoms with E-state index in [-0.39, 0.29) is 22.9 Å². The second kappa shape index (κ2) is 12.1. The number of carbonyl (C=O) groups excluding carboxylic acids is 2. The van der Waals surface area contributed by atoms with Crippen LogP contribution in [0.5, 0.6) is 17.2 Å². The molecule has 0 aliphatic heterocycles. The molecule has 0 saturated heterocycles. The van der Waals surface area contributed by atoms with Crippen molar-refractivity contribution in [2.45, 2.75) is 0 Å². The first-order valence-electron chi connectivity index (χ1n) is 11.0. The van der Waals surface area contributed by atoms with Crippen LogP contribution in [0.1, 0.15) is 21.5 Å². The number of hydrogen-bond acceptors (Lipinski definition) is 7. The molecule has 3 rings (SSSR count). The van der Waals surface area contributed by atoms with E-state index >= 15 is 0 Å². The Morgan fingerprint density at radius 1 is 0.917 bits per heavy atom. The molecule has 0 bridgehead atoms. The summed E-state index contributed by atoms with van der Waals surface area (Å²) in [7, 11) is 6.69. The van der Waals surface area contributed by atoms with Crippen LogP contribution in [-0.2, 0) is 4.79 Å². The van der Waals surface area contributed by atoms with Gasteiger partial charge in [-0.2, -0.15) is 5.10 Å². The van der Waals surface area contributed by atoms with Crippen LogP contribution in [0.4, 0.5) is 5.69 Å². The number of carbonyl (C=O) groups is 2. The third kappa shape index (κ3) is 6.63. The van der Waals surface area contributed by atoms with Crippen LogP contribution in [0.25, 0.3) is 6.08 Å². The monoisotopic (exact) mass is 488 g/mol. The van der Waals surface area contributed by atoms with Crippen molar-refractivity contribution in [1.82, 2.24) is 10.7 Å². The van der Waals surface area contributed by atoms with E-state index in [2.05, 4.69) is 15.8 Å². The zero-order chi connectivity index (χ0) is 26.1. The Morgan fingerprint density at radius 2 is 1.53 bits per heavy atom. The van der Waals surface area contributed by atoms with E-state index in [1.54, 1.807) is 36.4 Å². The van der Waals surface area contributed by atoms with Gasteiger partial charge in [0.05, 0.1) is 20.4 Å². The van der Waals surface area contributed by atoms with Crippen LogP contribution >= 0.6 is 0 Å². The Kier molecular flexibility index (Phi) is 8.66. The van der Waals surface area contributed by atoms with Crippen LogP contribution in [0, 0.1) is 0 Å². The lowest BCUT2D eigenvalue weighted by Gasteiger charge is -2.13. The summed E-state index contributed by atoms with van der Waals surface area (Å²) in [5, 5.41) is 16.7. The van der Waals surface area contributed by atoms with Crippen molar-refractivity contribution < 1.29 is 24.2 Å². The van der Waals surface area contributed by atoms with Gasteiger partial charge in [0.2, 0.25) is 5.75 Å². The van der Waals surface area contributed by atoms with Crippen molar-refractivity contribution in [3.05, 3.63) is 89.1 Å². The molecule has 0 spiro atoms. The molecule has 3 N–H and O–H groups in total. The van der Waals surface area contributed by atoms with E-state index in [1.807, 2.05) is 43.3 Å². The fourth-order valence-corrected chi connectivity index (χ4v) is 3.19. The fourth-order valence-electron chi connectivity index (χ4n) is 3.19. The number of ether oxygens (including phenoxy) is 2. The molecule has 3 aromatic carbocycles. The van der Waals surface area contributed by atoms with Gasteiger partial charge in [0.1, 0.15) is 5.70 Å². The number of benzene rings is 3. The fraction of sp³-hybridized carbons (Fsp3) is 0.148. The van der Waals surface area contributed by atoms with E-state index < -0.39 is 11.8 Å². The molecule has 0 unspecified atom stereocenters. The number of nitrogens with one attached hydrogen (secondary N) is 2. The van der Waals surface area contributed by atoms with Crippen molar-refractivity contribution in [3.63, 3.8) is 0 Å². The van der Waals surface area contributed by atoms with Crippen molar-refractivity contribution in [3.8, 4) is 17.2 Å². The first-order valence-corrected chi connectivity index (χ1v) is 11.0. The lowest BCUT2D eigenvalue weighted by molar-refractivity contribution is -0.117.